The number of rotatable bonds is 5. The number of thiophene rings is 2. The summed E-state index contributed by atoms with van der Waals surface area (Å²) in [7, 11) is 0. The average Bonchev–Trinajstić information content (AvgIpc) is 3.96. The van der Waals surface area contributed by atoms with E-state index in [-0.39, 0.29) is 0 Å². The summed E-state index contributed by atoms with van der Waals surface area (Å²) in [5.74, 6) is 1.92. The highest BCUT2D eigenvalue weighted by molar-refractivity contribution is 7.26. The van der Waals surface area contributed by atoms with Crippen molar-refractivity contribution in [3.05, 3.63) is 182 Å². The van der Waals surface area contributed by atoms with E-state index in [2.05, 4.69) is 168 Å². The zero-order valence-corrected chi connectivity index (χ0v) is 32.1. The topological polar surface area (TPSA) is 43.6 Å². The van der Waals surface area contributed by atoms with Crippen molar-refractivity contribution >= 4 is 84.8 Å². The van der Waals surface area contributed by atoms with Crippen molar-refractivity contribution in [2.75, 3.05) is 0 Å². The second kappa shape index (κ2) is 12.8. The van der Waals surface area contributed by atoms with Crippen molar-refractivity contribution in [2.45, 2.75) is 0 Å². The Kier molecular flexibility index (Phi) is 7.24. The van der Waals surface area contributed by atoms with Crippen LogP contribution >= 0.6 is 22.7 Å². The van der Waals surface area contributed by atoms with Crippen LogP contribution in [0.2, 0.25) is 0 Å². The van der Waals surface area contributed by atoms with Gasteiger partial charge in [0.05, 0.1) is 15.7 Å². The minimum atomic E-state index is 0.627. The van der Waals surface area contributed by atoms with Gasteiger partial charge in [-0.25, -0.2) is 15.0 Å². The first-order chi connectivity index (χ1) is 28.2. The third-order valence-electron chi connectivity index (χ3n) is 11.0. The number of aromatic nitrogens is 4. The van der Waals surface area contributed by atoms with E-state index >= 15 is 0 Å². The van der Waals surface area contributed by atoms with Gasteiger partial charge in [-0.1, -0.05) is 140 Å². The Bertz CT molecular complexity index is 3530. The van der Waals surface area contributed by atoms with Gasteiger partial charge in [-0.05, 0) is 53.6 Å². The Labute approximate surface area is 335 Å². The predicted octanol–water partition coefficient (Wildman–Crippen LogP) is 14.4. The third-order valence-corrected chi connectivity index (χ3v) is 13.4. The van der Waals surface area contributed by atoms with E-state index in [1.54, 1.807) is 11.3 Å². The number of fused-ring (bicyclic) bond motifs is 10. The molecule has 0 saturated heterocycles. The van der Waals surface area contributed by atoms with E-state index < -0.39 is 0 Å². The smallest absolute Gasteiger partial charge is 0.164 e. The summed E-state index contributed by atoms with van der Waals surface area (Å²) in [4.78, 5) is 15.8. The number of hydrogen-bond donors (Lipinski definition) is 0. The molecule has 0 aliphatic carbocycles. The quantitative estimate of drug-likeness (QED) is 0.175. The van der Waals surface area contributed by atoms with Crippen molar-refractivity contribution in [1.29, 1.82) is 0 Å². The highest BCUT2D eigenvalue weighted by Crippen LogP contribution is 2.44. The summed E-state index contributed by atoms with van der Waals surface area (Å²) in [5, 5.41) is 7.41. The summed E-state index contributed by atoms with van der Waals surface area (Å²) in [5.41, 5.74) is 8.50. The minimum Gasteiger partial charge on any atom is -0.308 e. The maximum atomic E-state index is 5.37. The summed E-state index contributed by atoms with van der Waals surface area (Å²) in [6.45, 7) is 0. The molecule has 0 unspecified atom stereocenters. The van der Waals surface area contributed by atoms with Gasteiger partial charge in [-0.3, -0.25) is 0 Å². The van der Waals surface area contributed by atoms with Crippen LogP contribution in [0.4, 0.5) is 0 Å². The highest BCUT2D eigenvalue weighted by atomic mass is 32.1. The molecule has 0 spiro atoms. The minimum absolute atomic E-state index is 0.627. The molecule has 6 heteroatoms. The van der Waals surface area contributed by atoms with E-state index in [0.29, 0.717) is 17.5 Å². The Balaban J connectivity index is 1.17. The lowest BCUT2D eigenvalue weighted by Gasteiger charge is -2.15. The van der Waals surface area contributed by atoms with E-state index in [4.69, 9.17) is 15.0 Å². The summed E-state index contributed by atoms with van der Waals surface area (Å²) in [6.07, 6.45) is 0. The zero-order valence-electron chi connectivity index (χ0n) is 30.4. The van der Waals surface area contributed by atoms with Gasteiger partial charge in [-0.15, -0.1) is 22.7 Å². The molecule has 0 radical (unpaired) electrons. The lowest BCUT2D eigenvalue weighted by atomic mass is 10.0. The van der Waals surface area contributed by atoms with E-state index in [1.807, 2.05) is 29.5 Å². The molecule has 12 aromatic rings. The van der Waals surface area contributed by atoms with Crippen molar-refractivity contribution in [1.82, 2.24) is 19.5 Å². The fraction of sp³-hybridized carbons (Fsp3) is 0. The van der Waals surface area contributed by atoms with E-state index in [0.717, 1.165) is 39.0 Å². The molecule has 0 amide bonds. The van der Waals surface area contributed by atoms with Gasteiger partial charge < -0.3 is 4.57 Å². The second-order valence-electron chi connectivity index (χ2n) is 14.4. The molecule has 57 heavy (non-hydrogen) atoms. The zero-order chi connectivity index (χ0) is 37.5. The molecular formula is C51H30N4S2. The number of benzene rings is 8. The lowest BCUT2D eigenvalue weighted by Crippen LogP contribution is -2.02. The van der Waals surface area contributed by atoms with Crippen LogP contribution in [0, 0.1) is 0 Å². The lowest BCUT2D eigenvalue weighted by molar-refractivity contribution is 1.07. The molecule has 0 N–H and O–H groups in total. The maximum Gasteiger partial charge on any atom is 0.164 e. The Hall–Kier alpha value is -6.99. The monoisotopic (exact) mass is 762 g/mol. The van der Waals surface area contributed by atoms with Crippen LogP contribution < -0.4 is 0 Å². The molecule has 0 aliphatic rings. The van der Waals surface area contributed by atoms with Gasteiger partial charge >= 0.3 is 0 Å². The van der Waals surface area contributed by atoms with E-state index in [9.17, 15) is 0 Å². The van der Waals surface area contributed by atoms with Crippen molar-refractivity contribution in [2.24, 2.45) is 0 Å². The van der Waals surface area contributed by atoms with Crippen LogP contribution in [0.1, 0.15) is 0 Å². The number of nitrogens with zero attached hydrogens (tertiary/aromatic N) is 4. The van der Waals surface area contributed by atoms with Crippen molar-refractivity contribution in [3.8, 4) is 51.0 Å². The molecule has 4 aromatic heterocycles. The largest absolute Gasteiger partial charge is 0.308 e. The normalized spacial score (nSPS) is 11.9. The summed E-state index contributed by atoms with van der Waals surface area (Å²) >= 11 is 3.67. The molecule has 0 aliphatic heterocycles. The van der Waals surface area contributed by atoms with Gasteiger partial charge in [0.1, 0.15) is 0 Å². The van der Waals surface area contributed by atoms with Crippen molar-refractivity contribution < 1.29 is 0 Å². The molecule has 266 valence electrons. The molecule has 4 nitrogen and oxygen atoms in total. The first kappa shape index (κ1) is 32.3. The molecule has 0 fully saturated rings. The van der Waals surface area contributed by atoms with Crippen LogP contribution in [0.3, 0.4) is 0 Å². The third kappa shape index (κ3) is 5.15. The van der Waals surface area contributed by atoms with Crippen molar-refractivity contribution in [3.63, 3.8) is 0 Å². The van der Waals surface area contributed by atoms with Gasteiger partial charge in [0, 0.05) is 68.8 Å². The fourth-order valence-corrected chi connectivity index (χ4v) is 10.8. The van der Waals surface area contributed by atoms with Crippen LogP contribution in [0.25, 0.3) is 113 Å². The molecule has 12 rings (SSSR count). The van der Waals surface area contributed by atoms with Crippen LogP contribution in [0.5, 0.6) is 0 Å². The molecule has 4 heterocycles. The fourth-order valence-electron chi connectivity index (χ4n) is 8.47. The Morgan fingerprint density at radius 1 is 0.368 bits per heavy atom. The summed E-state index contributed by atoms with van der Waals surface area (Å²) < 4.78 is 7.48. The Morgan fingerprint density at radius 2 is 0.965 bits per heavy atom. The van der Waals surface area contributed by atoms with Gasteiger partial charge in [0.2, 0.25) is 0 Å². The van der Waals surface area contributed by atoms with Crippen LogP contribution in [0.15, 0.2) is 182 Å². The van der Waals surface area contributed by atoms with Gasteiger partial charge in [-0.2, -0.15) is 0 Å². The van der Waals surface area contributed by atoms with Crippen LogP contribution in [-0.4, -0.2) is 19.5 Å². The highest BCUT2D eigenvalue weighted by Gasteiger charge is 2.21. The first-order valence-electron chi connectivity index (χ1n) is 19.0. The SMILES string of the molecule is c1ccc(-c2cc(-c3nc(-c4ccccc4)nc(-c4cccc5sc6ccccc6c45)n3)cc(-n3c4ccccc4c4ccc5c6ccccc6sc5c43)c2)cc1. The average molecular weight is 763 g/mol. The molecule has 0 atom stereocenters. The molecule has 8 aromatic carbocycles. The van der Waals surface area contributed by atoms with Crippen LogP contribution in [-0.2, 0) is 0 Å². The molecule has 0 bridgehead atoms. The van der Waals surface area contributed by atoms with E-state index in [1.165, 1.54) is 56.6 Å². The van der Waals surface area contributed by atoms with Gasteiger partial charge in [0.25, 0.3) is 0 Å². The second-order valence-corrected chi connectivity index (χ2v) is 16.5. The molecule has 0 saturated carbocycles. The standard InChI is InChI=1S/C51H30N4S2/c1-3-14-31(15-4-1)33-28-34(30-35(29-33)55-42-22-10-7-18-36(42)38-26-27-39-37-19-8-11-23-43(37)57-48(39)47(38)55)50-52-49(32-16-5-2-6-17-32)53-51(54-50)41-21-13-25-45-46(41)40-20-9-12-24-44(40)56-45/h1-30H. The number of para-hydroxylation sites is 1. The maximum absolute atomic E-state index is 5.37. The first-order valence-corrected chi connectivity index (χ1v) is 20.7. The van der Waals surface area contributed by atoms with Gasteiger partial charge in [0.15, 0.2) is 17.5 Å². The summed E-state index contributed by atoms with van der Waals surface area (Å²) in [6, 6.07) is 64.8. The predicted molar refractivity (Wildman–Crippen MR) is 242 cm³/mol. The molecular weight excluding hydrogens is 733 g/mol. The number of hydrogen-bond acceptors (Lipinski definition) is 5. The Morgan fingerprint density at radius 3 is 1.77 bits per heavy atom.